The van der Waals surface area contributed by atoms with Gasteiger partial charge in [-0.1, -0.05) is 43.7 Å². The molecule has 0 radical (unpaired) electrons. The van der Waals surface area contributed by atoms with Crippen LogP contribution in [0.15, 0.2) is 59.8 Å². The number of nitrogens with zero attached hydrogens (tertiary/aromatic N) is 2. The topological polar surface area (TPSA) is 70.5 Å². The summed E-state index contributed by atoms with van der Waals surface area (Å²) >= 11 is 5.89. The fourth-order valence-corrected chi connectivity index (χ4v) is 4.48. The van der Waals surface area contributed by atoms with Crippen LogP contribution in [0.2, 0.25) is 5.02 Å². The van der Waals surface area contributed by atoms with E-state index in [0.717, 1.165) is 5.56 Å². The molecule has 1 aromatic heterocycles. The second-order valence-corrected chi connectivity index (χ2v) is 9.01. The van der Waals surface area contributed by atoms with E-state index in [9.17, 15) is 13.5 Å². The number of pyridine rings is 1. The number of aromatic nitrogens is 1. The van der Waals surface area contributed by atoms with Crippen molar-refractivity contribution < 1.29 is 13.5 Å². The summed E-state index contributed by atoms with van der Waals surface area (Å²) in [7, 11) is -3.78. The van der Waals surface area contributed by atoms with Gasteiger partial charge in [0.05, 0.1) is 11.5 Å². The van der Waals surface area contributed by atoms with Gasteiger partial charge in [0.2, 0.25) is 10.0 Å². The van der Waals surface area contributed by atoms with E-state index in [1.165, 1.54) is 16.4 Å². The third kappa shape index (κ3) is 6.14. The molecule has 0 fully saturated rings. The Morgan fingerprint density at radius 3 is 2.48 bits per heavy atom. The zero-order chi connectivity index (χ0) is 19.9. The van der Waals surface area contributed by atoms with E-state index in [2.05, 4.69) is 4.98 Å². The molecule has 1 N–H and O–H groups in total. The molecule has 0 saturated heterocycles. The summed E-state index contributed by atoms with van der Waals surface area (Å²) < 4.78 is 27.7. The first-order chi connectivity index (χ1) is 12.8. The highest BCUT2D eigenvalue weighted by Gasteiger charge is 2.30. The van der Waals surface area contributed by atoms with Gasteiger partial charge in [-0.15, -0.1) is 0 Å². The van der Waals surface area contributed by atoms with Crippen LogP contribution in [0.3, 0.4) is 0 Å². The molecule has 0 aliphatic heterocycles. The summed E-state index contributed by atoms with van der Waals surface area (Å²) in [6.07, 6.45) is 7.53. The molecule has 0 spiro atoms. The molecule has 27 heavy (non-hydrogen) atoms. The average molecular weight is 409 g/mol. The molecule has 0 aliphatic carbocycles. The largest absolute Gasteiger partial charge is 0.395 e. The van der Waals surface area contributed by atoms with Gasteiger partial charge in [0.1, 0.15) is 0 Å². The maximum absolute atomic E-state index is 13.2. The van der Waals surface area contributed by atoms with Crippen molar-refractivity contribution in [2.24, 2.45) is 5.92 Å². The summed E-state index contributed by atoms with van der Waals surface area (Å²) in [5.41, 5.74) is 0.880. The molecular weight excluding hydrogens is 384 g/mol. The maximum atomic E-state index is 13.2. The smallest absolute Gasteiger partial charge is 0.243 e. The van der Waals surface area contributed by atoms with Crippen molar-refractivity contribution in [3.8, 4) is 0 Å². The average Bonchev–Trinajstić information content (AvgIpc) is 2.64. The Morgan fingerprint density at radius 1 is 1.22 bits per heavy atom. The van der Waals surface area contributed by atoms with Crippen molar-refractivity contribution in [3.63, 3.8) is 0 Å². The second kappa shape index (κ2) is 9.99. The first-order valence-electron chi connectivity index (χ1n) is 8.79. The first-order valence-corrected chi connectivity index (χ1v) is 10.6. The summed E-state index contributed by atoms with van der Waals surface area (Å²) in [5, 5.41) is 10.3. The minimum absolute atomic E-state index is 0.151. The third-order valence-electron chi connectivity index (χ3n) is 4.06. The molecule has 2 rings (SSSR count). The van der Waals surface area contributed by atoms with Gasteiger partial charge in [0.25, 0.3) is 0 Å². The Hall–Kier alpha value is -1.73. The van der Waals surface area contributed by atoms with E-state index in [0.29, 0.717) is 11.4 Å². The van der Waals surface area contributed by atoms with E-state index >= 15 is 0 Å². The Labute approximate surface area is 166 Å². The monoisotopic (exact) mass is 408 g/mol. The molecule has 146 valence electrons. The number of rotatable bonds is 9. The standard InChI is InChI=1S/C20H25ClN2O3S/c1-16(2)13-19(15-24)23(12-4-6-17-5-3-11-22-14-17)27(25,26)20-9-7-18(21)8-10-20/h3-11,14,16,19,24H,12-13,15H2,1-2H3/b6-4+. The predicted molar refractivity (Wildman–Crippen MR) is 109 cm³/mol. The van der Waals surface area contributed by atoms with Crippen LogP contribution in [0.4, 0.5) is 0 Å². The van der Waals surface area contributed by atoms with Crippen LogP contribution < -0.4 is 0 Å². The minimum atomic E-state index is -3.78. The fraction of sp³-hybridized carbons (Fsp3) is 0.350. The number of hydrogen-bond acceptors (Lipinski definition) is 4. The van der Waals surface area contributed by atoms with Crippen molar-refractivity contribution in [3.05, 3.63) is 65.5 Å². The van der Waals surface area contributed by atoms with Gasteiger partial charge in [0.15, 0.2) is 0 Å². The van der Waals surface area contributed by atoms with Crippen molar-refractivity contribution in [2.75, 3.05) is 13.2 Å². The van der Waals surface area contributed by atoms with Crippen LogP contribution in [-0.4, -0.2) is 42.0 Å². The van der Waals surface area contributed by atoms with E-state index in [4.69, 9.17) is 11.6 Å². The minimum Gasteiger partial charge on any atom is -0.395 e. The number of halogens is 1. The molecule has 0 aliphatic rings. The normalized spacial score (nSPS) is 13.6. The van der Waals surface area contributed by atoms with E-state index < -0.39 is 16.1 Å². The Morgan fingerprint density at radius 2 is 1.93 bits per heavy atom. The number of sulfonamides is 1. The molecule has 5 nitrogen and oxygen atoms in total. The maximum Gasteiger partial charge on any atom is 0.243 e. The molecular formula is C20H25ClN2O3S. The first kappa shape index (κ1) is 21.6. The second-order valence-electron chi connectivity index (χ2n) is 6.68. The summed E-state index contributed by atoms with van der Waals surface area (Å²) in [5.74, 6) is 0.243. The van der Waals surface area contributed by atoms with Crippen LogP contribution in [0.5, 0.6) is 0 Å². The molecule has 2 aromatic rings. The number of hydrogen-bond donors (Lipinski definition) is 1. The van der Waals surface area contributed by atoms with Gasteiger partial charge < -0.3 is 5.11 Å². The van der Waals surface area contributed by atoms with Gasteiger partial charge >= 0.3 is 0 Å². The number of aliphatic hydroxyl groups is 1. The van der Waals surface area contributed by atoms with Crippen LogP contribution >= 0.6 is 11.6 Å². The lowest BCUT2D eigenvalue weighted by molar-refractivity contribution is 0.175. The van der Waals surface area contributed by atoms with Gasteiger partial charge in [-0.05, 0) is 48.2 Å². The molecule has 0 amide bonds. The van der Waals surface area contributed by atoms with E-state index in [1.807, 2.05) is 32.1 Å². The molecule has 1 heterocycles. The van der Waals surface area contributed by atoms with Gasteiger partial charge in [-0.25, -0.2) is 8.42 Å². The lowest BCUT2D eigenvalue weighted by Gasteiger charge is -2.30. The van der Waals surface area contributed by atoms with Crippen molar-refractivity contribution >= 4 is 27.7 Å². The fourth-order valence-electron chi connectivity index (χ4n) is 2.78. The highest BCUT2D eigenvalue weighted by atomic mass is 35.5. The lowest BCUT2D eigenvalue weighted by atomic mass is 10.0. The SMILES string of the molecule is CC(C)CC(CO)N(C/C=C/c1cccnc1)S(=O)(=O)c1ccc(Cl)cc1. The Bertz CT molecular complexity index is 837. The van der Waals surface area contributed by atoms with Gasteiger partial charge in [-0.3, -0.25) is 4.98 Å². The Kier molecular flexibility index (Phi) is 7.98. The quantitative estimate of drug-likeness (QED) is 0.684. The number of aliphatic hydroxyl groups excluding tert-OH is 1. The molecule has 0 bridgehead atoms. The highest BCUT2D eigenvalue weighted by Crippen LogP contribution is 2.23. The highest BCUT2D eigenvalue weighted by molar-refractivity contribution is 7.89. The van der Waals surface area contributed by atoms with E-state index in [1.54, 1.807) is 30.6 Å². The van der Waals surface area contributed by atoms with Gasteiger partial charge in [0, 0.05) is 30.0 Å². The molecule has 7 heteroatoms. The van der Waals surface area contributed by atoms with Crippen molar-refractivity contribution in [2.45, 2.75) is 31.2 Å². The lowest BCUT2D eigenvalue weighted by Crippen LogP contribution is -2.43. The summed E-state index contributed by atoms with van der Waals surface area (Å²) in [6.45, 7) is 3.91. The zero-order valence-corrected chi connectivity index (χ0v) is 17.1. The predicted octanol–water partition coefficient (Wildman–Crippen LogP) is 3.85. The zero-order valence-electron chi connectivity index (χ0n) is 15.5. The molecule has 0 saturated carbocycles. The third-order valence-corrected chi connectivity index (χ3v) is 6.25. The summed E-state index contributed by atoms with van der Waals surface area (Å²) in [6, 6.07) is 9.27. The molecule has 1 unspecified atom stereocenters. The van der Waals surface area contributed by atoms with Crippen LogP contribution in [0, 0.1) is 5.92 Å². The summed E-state index contributed by atoms with van der Waals surface area (Å²) in [4.78, 5) is 4.20. The van der Waals surface area contributed by atoms with Crippen molar-refractivity contribution in [1.29, 1.82) is 0 Å². The van der Waals surface area contributed by atoms with Crippen LogP contribution in [-0.2, 0) is 10.0 Å². The molecule has 1 aromatic carbocycles. The van der Waals surface area contributed by atoms with Crippen molar-refractivity contribution in [1.82, 2.24) is 9.29 Å². The number of benzene rings is 1. The van der Waals surface area contributed by atoms with Crippen LogP contribution in [0.25, 0.3) is 6.08 Å². The Balaban J connectivity index is 2.33. The van der Waals surface area contributed by atoms with Crippen LogP contribution in [0.1, 0.15) is 25.8 Å². The molecule has 1 atom stereocenters. The van der Waals surface area contributed by atoms with E-state index in [-0.39, 0.29) is 24.0 Å². The van der Waals surface area contributed by atoms with Gasteiger partial charge in [-0.2, -0.15) is 4.31 Å².